The van der Waals surface area contributed by atoms with Crippen molar-refractivity contribution in [3.8, 4) is 0 Å². The van der Waals surface area contributed by atoms with Crippen molar-refractivity contribution < 1.29 is 13.8 Å². The van der Waals surface area contributed by atoms with Crippen molar-refractivity contribution in [1.82, 2.24) is 19.1 Å². The Bertz CT molecular complexity index is 655. The van der Waals surface area contributed by atoms with Gasteiger partial charge in [-0.25, -0.2) is 9.46 Å². The van der Waals surface area contributed by atoms with Gasteiger partial charge in [0.2, 0.25) is 0 Å². The number of halogens is 1. The van der Waals surface area contributed by atoms with Gasteiger partial charge in [-0.2, -0.15) is 4.98 Å². The van der Waals surface area contributed by atoms with Crippen LogP contribution in [-0.4, -0.2) is 66.1 Å². The molecule has 1 aliphatic rings. The topological polar surface area (TPSA) is 103 Å². The first-order chi connectivity index (χ1) is 10.7. The third kappa shape index (κ3) is 4.76. The zero-order chi connectivity index (χ0) is 17.2. The number of rotatable bonds is 5. The molecule has 3 atom stereocenters. The molecular weight excluding hydrogens is 345 g/mol. The zero-order valence-corrected chi connectivity index (χ0v) is 14.9. The third-order valence-corrected chi connectivity index (χ3v) is 6.01. The van der Waals surface area contributed by atoms with E-state index in [-0.39, 0.29) is 18.5 Å². The van der Waals surface area contributed by atoms with Gasteiger partial charge in [-0.3, -0.25) is 14.0 Å². The Hall–Kier alpha value is -0.960. The molecule has 0 radical (unpaired) electrons. The van der Waals surface area contributed by atoms with Crippen LogP contribution < -0.4 is 11.4 Å². The Morgan fingerprint density at radius 2 is 2.26 bits per heavy atom. The van der Waals surface area contributed by atoms with E-state index >= 15 is 0 Å². The average molecular weight is 366 g/mol. The fraction of sp³-hybridized carbons (Fsp3) is 0.667. The predicted octanol–water partition coefficient (Wildman–Crippen LogP) is 0.580. The van der Waals surface area contributed by atoms with Gasteiger partial charge >= 0.3 is 12.6 Å². The monoisotopic (exact) mass is 365 g/mol. The van der Waals surface area contributed by atoms with E-state index in [2.05, 4.69) is 4.98 Å². The van der Waals surface area contributed by atoms with Crippen molar-refractivity contribution in [3.63, 3.8) is 0 Å². The van der Waals surface area contributed by atoms with Crippen LogP contribution in [0.5, 0.6) is 0 Å². The first-order valence-electron chi connectivity index (χ1n) is 7.00. The molecule has 0 bridgehead atoms. The first kappa shape index (κ1) is 18.4. The molecular formula is C12H21ClN5O4P. The van der Waals surface area contributed by atoms with Crippen LogP contribution in [0.2, 0.25) is 0 Å². The number of morpholine rings is 1. The van der Waals surface area contributed by atoms with Crippen LogP contribution in [-0.2, 0) is 13.8 Å². The summed E-state index contributed by atoms with van der Waals surface area (Å²) in [4.78, 5) is 17.6. The molecule has 1 fully saturated rings. The largest absolute Gasteiger partial charge is 0.383 e. The molecule has 0 aromatic carbocycles. The lowest BCUT2D eigenvalue weighted by Gasteiger charge is -2.36. The quantitative estimate of drug-likeness (QED) is 0.756. The molecule has 2 heterocycles. The summed E-state index contributed by atoms with van der Waals surface area (Å²) in [5, 5.41) is 0. The van der Waals surface area contributed by atoms with Crippen LogP contribution in [0.3, 0.4) is 0 Å². The minimum Gasteiger partial charge on any atom is -0.383 e. The van der Waals surface area contributed by atoms with E-state index in [0.29, 0.717) is 13.1 Å². The van der Waals surface area contributed by atoms with Gasteiger partial charge in [-0.15, -0.1) is 0 Å². The highest BCUT2D eigenvalue weighted by atomic mass is 35.7. The molecule has 2 unspecified atom stereocenters. The highest BCUT2D eigenvalue weighted by Crippen LogP contribution is 2.54. The van der Waals surface area contributed by atoms with Gasteiger partial charge in [-0.1, -0.05) is 0 Å². The van der Waals surface area contributed by atoms with Crippen LogP contribution in [0.1, 0.15) is 6.23 Å². The van der Waals surface area contributed by atoms with E-state index < -0.39 is 18.8 Å². The van der Waals surface area contributed by atoms with Crippen LogP contribution in [0, 0.1) is 0 Å². The summed E-state index contributed by atoms with van der Waals surface area (Å²) in [6, 6.07) is 1.53. The Labute approximate surface area is 139 Å². The van der Waals surface area contributed by atoms with Crippen molar-refractivity contribution in [2.45, 2.75) is 12.3 Å². The number of aromatic nitrogens is 2. The normalized spacial score (nSPS) is 25.4. The van der Waals surface area contributed by atoms with E-state index in [1.54, 1.807) is 20.3 Å². The molecule has 2 N–H and O–H groups in total. The standard InChI is InChI=1S/C12H21ClN5O4P/c1-16(2)23(13,20)21-8-9-6-17(3)7-11(22-9)18-5-4-10(14)15-12(18)19/h4-5,9,11H,6-8H2,1-3H3,(H2,14,15,19)/t9-,11?,23?/m0/s1. The molecule has 0 aliphatic carbocycles. The fourth-order valence-electron chi connectivity index (χ4n) is 2.18. The van der Waals surface area contributed by atoms with E-state index in [9.17, 15) is 9.36 Å². The summed E-state index contributed by atoms with van der Waals surface area (Å²) in [5.74, 6) is 0.157. The maximum Gasteiger partial charge on any atom is 0.362 e. The average Bonchev–Trinajstić information content (AvgIpc) is 2.44. The summed E-state index contributed by atoms with van der Waals surface area (Å²) < 4.78 is 25.8. The van der Waals surface area contributed by atoms with E-state index in [1.165, 1.54) is 15.3 Å². The molecule has 0 amide bonds. The molecule has 1 aliphatic heterocycles. The van der Waals surface area contributed by atoms with Gasteiger partial charge in [0.25, 0.3) is 0 Å². The second-order valence-electron chi connectivity index (χ2n) is 5.57. The lowest BCUT2D eigenvalue weighted by molar-refractivity contribution is -0.127. The number of hydrogen-bond acceptors (Lipinski definition) is 7. The molecule has 2 rings (SSSR count). The van der Waals surface area contributed by atoms with Crippen molar-refractivity contribution in [2.75, 3.05) is 46.6 Å². The molecule has 11 heteroatoms. The molecule has 1 saturated heterocycles. The number of nitrogens with two attached hydrogens (primary N) is 1. The number of hydrogen-bond donors (Lipinski definition) is 1. The first-order valence-corrected chi connectivity index (χ1v) is 9.48. The fourth-order valence-corrected chi connectivity index (χ4v) is 2.93. The SMILES string of the molecule is CN1CC(n2ccc(N)nc2=O)O[C@H](COP(=O)(Cl)N(C)C)C1. The van der Waals surface area contributed by atoms with Crippen LogP contribution >= 0.6 is 18.1 Å². The number of nitrogen functional groups attached to an aromatic ring is 1. The van der Waals surface area contributed by atoms with Crippen LogP contribution in [0.4, 0.5) is 5.82 Å². The predicted molar refractivity (Wildman–Crippen MR) is 87.4 cm³/mol. The molecule has 0 spiro atoms. The van der Waals surface area contributed by atoms with E-state index in [0.717, 1.165) is 0 Å². The zero-order valence-electron chi connectivity index (χ0n) is 13.3. The van der Waals surface area contributed by atoms with Crippen LogP contribution in [0.25, 0.3) is 0 Å². The molecule has 130 valence electrons. The summed E-state index contributed by atoms with van der Waals surface area (Å²) in [7, 11) is 5.04. The number of likely N-dealkylation sites (N-methyl/N-ethyl adjacent to an activating group) is 1. The van der Waals surface area contributed by atoms with Gasteiger partial charge in [-0.05, 0) is 38.5 Å². The van der Waals surface area contributed by atoms with E-state index in [4.69, 9.17) is 26.2 Å². The van der Waals surface area contributed by atoms with Gasteiger partial charge in [0, 0.05) is 19.3 Å². The minimum atomic E-state index is -3.35. The van der Waals surface area contributed by atoms with Crippen molar-refractivity contribution in [1.29, 1.82) is 0 Å². The molecule has 1 aromatic rings. The maximum atomic E-state index is 12.0. The van der Waals surface area contributed by atoms with Gasteiger partial charge in [0.1, 0.15) is 5.82 Å². The molecule has 0 saturated carbocycles. The Morgan fingerprint density at radius 1 is 1.57 bits per heavy atom. The summed E-state index contributed by atoms with van der Waals surface area (Å²) in [6.07, 6.45) is 0.630. The van der Waals surface area contributed by atoms with Gasteiger partial charge in [0.15, 0.2) is 6.23 Å². The second kappa shape index (κ2) is 7.29. The summed E-state index contributed by atoms with van der Waals surface area (Å²) in [6.45, 7) is -2.22. The van der Waals surface area contributed by atoms with E-state index in [1.807, 2.05) is 11.9 Å². The van der Waals surface area contributed by atoms with Crippen molar-refractivity contribution in [2.24, 2.45) is 0 Å². The Morgan fingerprint density at radius 3 is 2.87 bits per heavy atom. The number of nitrogens with zero attached hydrogens (tertiary/aromatic N) is 4. The van der Waals surface area contributed by atoms with Crippen molar-refractivity contribution in [3.05, 3.63) is 22.7 Å². The lowest BCUT2D eigenvalue weighted by Crippen LogP contribution is -2.47. The van der Waals surface area contributed by atoms with Crippen molar-refractivity contribution >= 4 is 23.9 Å². The molecule has 9 nitrogen and oxygen atoms in total. The smallest absolute Gasteiger partial charge is 0.362 e. The highest BCUT2D eigenvalue weighted by Gasteiger charge is 2.31. The Balaban J connectivity index is 2.07. The highest BCUT2D eigenvalue weighted by molar-refractivity contribution is 7.83. The minimum absolute atomic E-state index is 0.0525. The number of ether oxygens (including phenoxy) is 1. The number of anilines is 1. The lowest BCUT2D eigenvalue weighted by atomic mass is 10.3. The maximum absolute atomic E-state index is 12.0. The molecule has 23 heavy (non-hydrogen) atoms. The second-order valence-corrected chi connectivity index (χ2v) is 8.81. The summed E-state index contributed by atoms with van der Waals surface area (Å²) >= 11 is 5.83. The summed E-state index contributed by atoms with van der Waals surface area (Å²) in [5.41, 5.74) is 5.00. The third-order valence-electron chi connectivity index (χ3n) is 3.39. The Kier molecular flexibility index (Phi) is 5.83. The van der Waals surface area contributed by atoms with Gasteiger partial charge < -0.3 is 15.0 Å². The van der Waals surface area contributed by atoms with Crippen LogP contribution in [0.15, 0.2) is 17.1 Å². The molecule has 1 aromatic heterocycles. The van der Waals surface area contributed by atoms with Gasteiger partial charge in [0.05, 0.1) is 12.7 Å².